The number of halogens is 1. The highest BCUT2D eigenvalue weighted by atomic mass is 35.5. The van der Waals surface area contributed by atoms with Crippen LogP contribution in [-0.4, -0.2) is 36.5 Å². The number of aryl methyl sites for hydroxylation is 1. The molecule has 1 N–H and O–H groups in total. The van der Waals surface area contributed by atoms with Crippen molar-refractivity contribution in [2.45, 2.75) is 83.3 Å². The molecule has 5 heteroatoms. The molecule has 1 saturated carbocycles. The number of carbonyl (C=O) groups excluding carboxylic acids is 1. The second-order valence-corrected chi connectivity index (χ2v) is 8.51. The summed E-state index contributed by atoms with van der Waals surface area (Å²) in [6.45, 7) is 7.31. The lowest BCUT2D eigenvalue weighted by atomic mass is 9.82. The van der Waals surface area contributed by atoms with E-state index in [9.17, 15) is 9.90 Å². The normalized spacial score (nSPS) is 20.3. The number of hydrogen-bond donors (Lipinski definition) is 1. The van der Waals surface area contributed by atoms with Gasteiger partial charge in [-0.25, -0.2) is 4.79 Å². The van der Waals surface area contributed by atoms with Crippen LogP contribution in [0.15, 0.2) is 30.4 Å². The van der Waals surface area contributed by atoms with Gasteiger partial charge < -0.3 is 14.6 Å². The summed E-state index contributed by atoms with van der Waals surface area (Å²) in [5.74, 6) is 0.0123. The Morgan fingerprint density at radius 2 is 2.00 bits per heavy atom. The number of aliphatic hydroxyl groups excluding tert-OH is 1. The summed E-state index contributed by atoms with van der Waals surface area (Å²) in [6.07, 6.45) is 8.19. The maximum absolute atomic E-state index is 11.6. The molecule has 0 saturated heterocycles. The highest BCUT2D eigenvalue weighted by molar-refractivity contribution is 6.31. The van der Waals surface area contributed by atoms with Crippen LogP contribution in [0.1, 0.15) is 75.8 Å². The van der Waals surface area contributed by atoms with E-state index in [1.807, 2.05) is 0 Å². The first-order valence-electron chi connectivity index (χ1n) is 10.8. The predicted molar refractivity (Wildman–Crippen MR) is 117 cm³/mol. The number of hydrogen-bond acceptors (Lipinski definition) is 4. The number of unbranched alkanes of at least 4 members (excludes halogenated alkanes) is 2. The zero-order chi connectivity index (χ0) is 21.2. The van der Waals surface area contributed by atoms with Gasteiger partial charge in [0.1, 0.15) is 6.10 Å². The van der Waals surface area contributed by atoms with Gasteiger partial charge in [-0.1, -0.05) is 50.1 Å². The van der Waals surface area contributed by atoms with Crippen molar-refractivity contribution in [3.05, 3.63) is 46.5 Å². The van der Waals surface area contributed by atoms with E-state index in [0.717, 1.165) is 37.1 Å². The van der Waals surface area contributed by atoms with Crippen molar-refractivity contribution >= 4 is 17.6 Å². The Kier molecular flexibility index (Phi) is 10.2. The van der Waals surface area contributed by atoms with Gasteiger partial charge in [0.25, 0.3) is 0 Å². The lowest BCUT2D eigenvalue weighted by Gasteiger charge is -2.30. The van der Waals surface area contributed by atoms with Gasteiger partial charge in [0.05, 0.1) is 19.3 Å². The topological polar surface area (TPSA) is 55.8 Å². The summed E-state index contributed by atoms with van der Waals surface area (Å²) < 4.78 is 11.1. The highest BCUT2D eigenvalue weighted by Crippen LogP contribution is 2.36. The van der Waals surface area contributed by atoms with Gasteiger partial charge in [-0.2, -0.15) is 0 Å². The van der Waals surface area contributed by atoms with Crippen LogP contribution in [0, 0.1) is 0 Å². The molecule has 1 aliphatic rings. The molecule has 1 aromatic rings. The molecule has 1 fully saturated rings. The Morgan fingerprint density at radius 1 is 1.28 bits per heavy atom. The fourth-order valence-corrected chi connectivity index (χ4v) is 4.05. The Balaban J connectivity index is 1.79. The number of benzene rings is 1. The number of ether oxygens (including phenoxy) is 2. The standard InChI is InChI=1S/C24H35ClO4/c1-4-5-6-7-19-8-9-20(14-23(19)25)18-10-12-21(13-11-18)28-16-22(15-26)29-24(27)17(2)3/h8-9,14,18,21-22,26H,2,4-7,10-13,15-16H2,1,3H3. The Morgan fingerprint density at radius 3 is 2.59 bits per heavy atom. The fraction of sp³-hybridized carbons (Fsp3) is 0.625. The monoisotopic (exact) mass is 422 g/mol. The van der Waals surface area contributed by atoms with Gasteiger partial charge in [0.15, 0.2) is 0 Å². The molecule has 29 heavy (non-hydrogen) atoms. The molecule has 0 amide bonds. The lowest BCUT2D eigenvalue weighted by molar-refractivity contribution is -0.151. The molecule has 2 rings (SSSR count). The van der Waals surface area contributed by atoms with E-state index in [-0.39, 0.29) is 19.3 Å². The molecular formula is C24H35ClO4. The van der Waals surface area contributed by atoms with Crippen LogP contribution in [0.25, 0.3) is 0 Å². The second-order valence-electron chi connectivity index (χ2n) is 8.11. The summed E-state index contributed by atoms with van der Waals surface area (Å²) in [5, 5.41) is 10.3. The largest absolute Gasteiger partial charge is 0.454 e. The molecule has 0 heterocycles. The predicted octanol–water partition coefficient (Wildman–Crippen LogP) is 5.60. The summed E-state index contributed by atoms with van der Waals surface area (Å²) in [4.78, 5) is 11.6. The molecule has 0 aliphatic heterocycles. The fourth-order valence-electron chi connectivity index (χ4n) is 3.77. The Labute approximate surface area is 180 Å². The molecule has 162 valence electrons. The minimum absolute atomic E-state index is 0.132. The van der Waals surface area contributed by atoms with E-state index in [2.05, 4.69) is 31.7 Å². The maximum atomic E-state index is 11.6. The van der Waals surface area contributed by atoms with E-state index >= 15 is 0 Å². The first kappa shape index (κ1) is 23.9. The second kappa shape index (κ2) is 12.4. The first-order valence-corrected chi connectivity index (χ1v) is 11.2. The first-order chi connectivity index (χ1) is 13.9. The van der Waals surface area contributed by atoms with Crippen LogP contribution in [0.3, 0.4) is 0 Å². The van der Waals surface area contributed by atoms with Crippen LogP contribution in [0.5, 0.6) is 0 Å². The summed E-state index contributed by atoms with van der Waals surface area (Å²) >= 11 is 6.52. The van der Waals surface area contributed by atoms with Crippen molar-refractivity contribution in [2.75, 3.05) is 13.2 Å². The van der Waals surface area contributed by atoms with Crippen molar-refractivity contribution in [3.63, 3.8) is 0 Å². The summed E-state index contributed by atoms with van der Waals surface area (Å²) in [6, 6.07) is 6.57. The SMILES string of the molecule is C=C(C)C(=O)OC(CO)COC1CCC(c2ccc(CCCCC)c(Cl)c2)CC1. The van der Waals surface area contributed by atoms with Crippen molar-refractivity contribution in [3.8, 4) is 0 Å². The maximum Gasteiger partial charge on any atom is 0.333 e. The van der Waals surface area contributed by atoms with Crippen molar-refractivity contribution in [2.24, 2.45) is 0 Å². The third-order valence-corrected chi connectivity index (χ3v) is 5.97. The lowest BCUT2D eigenvalue weighted by Crippen LogP contribution is -2.31. The van der Waals surface area contributed by atoms with Gasteiger partial charge in [-0.15, -0.1) is 0 Å². The molecule has 1 atom stereocenters. The van der Waals surface area contributed by atoms with Crippen molar-refractivity contribution in [1.29, 1.82) is 0 Å². The van der Waals surface area contributed by atoms with Gasteiger partial charge in [-0.05, 0) is 68.6 Å². The van der Waals surface area contributed by atoms with E-state index in [1.165, 1.54) is 30.4 Å². The summed E-state index contributed by atoms with van der Waals surface area (Å²) in [5.41, 5.74) is 2.88. The quantitative estimate of drug-likeness (QED) is 0.286. The molecule has 0 spiro atoms. The molecule has 4 nitrogen and oxygen atoms in total. The number of aliphatic hydroxyl groups is 1. The summed E-state index contributed by atoms with van der Waals surface area (Å²) in [7, 11) is 0. The van der Waals surface area contributed by atoms with E-state index in [1.54, 1.807) is 6.92 Å². The third-order valence-electron chi connectivity index (χ3n) is 5.62. The van der Waals surface area contributed by atoms with Gasteiger partial charge in [0.2, 0.25) is 0 Å². The van der Waals surface area contributed by atoms with E-state index in [0.29, 0.717) is 11.5 Å². The average molecular weight is 423 g/mol. The van der Waals surface area contributed by atoms with Crippen molar-refractivity contribution < 1.29 is 19.4 Å². The number of rotatable bonds is 11. The Bertz CT molecular complexity index is 665. The zero-order valence-corrected chi connectivity index (χ0v) is 18.5. The van der Waals surface area contributed by atoms with Gasteiger partial charge in [-0.3, -0.25) is 0 Å². The minimum Gasteiger partial charge on any atom is -0.454 e. The molecular weight excluding hydrogens is 388 g/mol. The van der Waals surface area contributed by atoms with Crippen molar-refractivity contribution in [1.82, 2.24) is 0 Å². The molecule has 0 bridgehead atoms. The molecule has 0 aromatic heterocycles. The number of carbonyl (C=O) groups is 1. The van der Waals surface area contributed by atoms with Crippen LogP contribution in [0.4, 0.5) is 0 Å². The van der Waals surface area contributed by atoms with E-state index < -0.39 is 12.1 Å². The van der Waals surface area contributed by atoms with E-state index in [4.69, 9.17) is 21.1 Å². The molecule has 1 unspecified atom stereocenters. The number of esters is 1. The van der Waals surface area contributed by atoms with Crippen LogP contribution < -0.4 is 0 Å². The van der Waals surface area contributed by atoms with Crippen LogP contribution >= 0.6 is 11.6 Å². The smallest absolute Gasteiger partial charge is 0.333 e. The molecule has 1 aromatic carbocycles. The highest BCUT2D eigenvalue weighted by Gasteiger charge is 2.25. The van der Waals surface area contributed by atoms with Gasteiger partial charge in [0, 0.05) is 10.6 Å². The molecule has 1 aliphatic carbocycles. The Hall–Kier alpha value is -1.36. The average Bonchev–Trinajstić information content (AvgIpc) is 2.72. The van der Waals surface area contributed by atoms with Gasteiger partial charge >= 0.3 is 5.97 Å². The third kappa shape index (κ3) is 7.76. The minimum atomic E-state index is -0.643. The van der Waals surface area contributed by atoms with Crippen LogP contribution in [-0.2, 0) is 20.7 Å². The van der Waals surface area contributed by atoms with Crippen LogP contribution in [0.2, 0.25) is 5.02 Å². The zero-order valence-electron chi connectivity index (χ0n) is 17.8. The molecule has 0 radical (unpaired) electrons.